The van der Waals surface area contributed by atoms with Crippen LogP contribution < -0.4 is 4.90 Å². The number of halogens is 1. The summed E-state index contributed by atoms with van der Waals surface area (Å²) in [6, 6.07) is 11.2. The SMILES string of the molecule is O=C1CCCN1CC(=O)N(Cc1ccccn1)c1ccc(F)cc1. The largest absolute Gasteiger partial charge is 0.333 e. The zero-order valence-electron chi connectivity index (χ0n) is 13.2. The number of anilines is 1. The monoisotopic (exact) mass is 327 g/mol. The third-order valence-electron chi connectivity index (χ3n) is 3.98. The van der Waals surface area contributed by atoms with Gasteiger partial charge in [-0.1, -0.05) is 6.07 Å². The van der Waals surface area contributed by atoms with Crippen molar-refractivity contribution in [2.24, 2.45) is 0 Å². The van der Waals surface area contributed by atoms with Gasteiger partial charge in [-0.05, 0) is 42.8 Å². The van der Waals surface area contributed by atoms with Crippen LogP contribution in [0.4, 0.5) is 10.1 Å². The van der Waals surface area contributed by atoms with Crippen molar-refractivity contribution in [1.29, 1.82) is 0 Å². The number of hydrogen-bond acceptors (Lipinski definition) is 3. The highest BCUT2D eigenvalue weighted by Gasteiger charge is 2.26. The Morgan fingerprint density at radius 2 is 2.00 bits per heavy atom. The van der Waals surface area contributed by atoms with E-state index in [1.807, 2.05) is 12.1 Å². The van der Waals surface area contributed by atoms with Gasteiger partial charge in [0.05, 0.1) is 12.2 Å². The summed E-state index contributed by atoms with van der Waals surface area (Å²) in [6.07, 6.45) is 2.93. The molecule has 2 amide bonds. The predicted octanol–water partition coefficient (Wildman–Crippen LogP) is 2.38. The van der Waals surface area contributed by atoms with Crippen molar-refractivity contribution < 1.29 is 14.0 Å². The fraction of sp³-hybridized carbons (Fsp3) is 0.278. The van der Waals surface area contributed by atoms with Crippen molar-refractivity contribution in [3.8, 4) is 0 Å². The van der Waals surface area contributed by atoms with E-state index in [4.69, 9.17) is 0 Å². The van der Waals surface area contributed by atoms with Crippen LogP contribution in [0.5, 0.6) is 0 Å². The minimum atomic E-state index is -0.362. The van der Waals surface area contributed by atoms with Gasteiger partial charge in [0.1, 0.15) is 12.4 Å². The van der Waals surface area contributed by atoms with Gasteiger partial charge in [-0.25, -0.2) is 4.39 Å². The zero-order valence-corrected chi connectivity index (χ0v) is 13.2. The zero-order chi connectivity index (χ0) is 16.9. The van der Waals surface area contributed by atoms with E-state index >= 15 is 0 Å². The molecule has 1 aromatic carbocycles. The normalized spacial score (nSPS) is 14.0. The fourth-order valence-corrected chi connectivity index (χ4v) is 2.72. The van der Waals surface area contributed by atoms with Gasteiger partial charge in [0.15, 0.2) is 0 Å². The molecule has 1 aliphatic rings. The molecule has 1 aliphatic heterocycles. The molecule has 6 heteroatoms. The Bertz CT molecular complexity index is 719. The number of hydrogen-bond donors (Lipinski definition) is 0. The van der Waals surface area contributed by atoms with Gasteiger partial charge in [0.2, 0.25) is 11.8 Å². The number of aromatic nitrogens is 1. The van der Waals surface area contributed by atoms with E-state index in [9.17, 15) is 14.0 Å². The number of likely N-dealkylation sites (tertiary alicyclic amines) is 1. The average molecular weight is 327 g/mol. The van der Waals surface area contributed by atoms with Crippen LogP contribution in [-0.2, 0) is 16.1 Å². The van der Waals surface area contributed by atoms with Crippen LogP contribution in [-0.4, -0.2) is 34.8 Å². The minimum Gasteiger partial charge on any atom is -0.333 e. The first-order chi connectivity index (χ1) is 11.6. The molecule has 0 radical (unpaired) electrons. The first kappa shape index (κ1) is 16.1. The Hall–Kier alpha value is -2.76. The molecule has 3 rings (SSSR count). The summed E-state index contributed by atoms with van der Waals surface area (Å²) in [5, 5.41) is 0. The Kier molecular flexibility index (Phi) is 4.84. The molecule has 24 heavy (non-hydrogen) atoms. The van der Waals surface area contributed by atoms with E-state index in [0.717, 1.165) is 12.1 Å². The van der Waals surface area contributed by atoms with E-state index in [0.29, 0.717) is 18.7 Å². The van der Waals surface area contributed by atoms with Gasteiger partial charge >= 0.3 is 0 Å². The van der Waals surface area contributed by atoms with Crippen LogP contribution in [0.15, 0.2) is 48.7 Å². The van der Waals surface area contributed by atoms with Crippen molar-refractivity contribution in [2.45, 2.75) is 19.4 Å². The molecule has 1 saturated heterocycles. The molecule has 124 valence electrons. The maximum absolute atomic E-state index is 13.2. The van der Waals surface area contributed by atoms with Crippen LogP contribution in [0.2, 0.25) is 0 Å². The first-order valence-electron chi connectivity index (χ1n) is 7.87. The van der Waals surface area contributed by atoms with Crippen LogP contribution in [0, 0.1) is 5.82 Å². The molecule has 5 nitrogen and oxygen atoms in total. The summed E-state index contributed by atoms with van der Waals surface area (Å²) >= 11 is 0. The second kappa shape index (κ2) is 7.21. The van der Waals surface area contributed by atoms with Gasteiger partial charge < -0.3 is 9.80 Å². The summed E-state index contributed by atoms with van der Waals surface area (Å²) in [5.74, 6) is -0.568. The van der Waals surface area contributed by atoms with Gasteiger partial charge in [0.25, 0.3) is 0 Å². The molecule has 0 aliphatic carbocycles. The fourth-order valence-electron chi connectivity index (χ4n) is 2.72. The Balaban J connectivity index is 1.82. The molecular weight excluding hydrogens is 309 g/mol. The van der Waals surface area contributed by atoms with Crippen LogP contribution >= 0.6 is 0 Å². The molecular formula is C18H18FN3O2. The minimum absolute atomic E-state index is 0.000224. The molecule has 0 N–H and O–H groups in total. The molecule has 1 fully saturated rings. The summed E-state index contributed by atoms with van der Waals surface area (Å²) < 4.78 is 13.2. The number of pyridine rings is 1. The van der Waals surface area contributed by atoms with Gasteiger partial charge in [-0.2, -0.15) is 0 Å². The first-order valence-corrected chi connectivity index (χ1v) is 7.87. The maximum atomic E-state index is 13.2. The number of benzene rings is 1. The lowest BCUT2D eigenvalue weighted by Gasteiger charge is -2.25. The van der Waals surface area contributed by atoms with Crippen LogP contribution in [0.1, 0.15) is 18.5 Å². The number of carbonyl (C=O) groups excluding carboxylic acids is 2. The maximum Gasteiger partial charge on any atom is 0.246 e. The summed E-state index contributed by atoms with van der Waals surface area (Å²) in [5.41, 5.74) is 1.31. The summed E-state index contributed by atoms with van der Waals surface area (Å²) in [6.45, 7) is 0.905. The highest BCUT2D eigenvalue weighted by molar-refractivity contribution is 5.96. The van der Waals surface area contributed by atoms with Gasteiger partial charge in [-0.3, -0.25) is 14.6 Å². The van der Waals surface area contributed by atoms with Crippen LogP contribution in [0.25, 0.3) is 0 Å². The molecule has 0 saturated carbocycles. The second-order valence-corrected chi connectivity index (χ2v) is 5.70. The summed E-state index contributed by atoms with van der Waals surface area (Å²) in [7, 11) is 0. The molecule has 2 aromatic rings. The van der Waals surface area contributed by atoms with Crippen molar-refractivity contribution in [2.75, 3.05) is 18.0 Å². The third-order valence-corrected chi connectivity index (χ3v) is 3.98. The lowest BCUT2D eigenvalue weighted by molar-refractivity contribution is -0.132. The highest BCUT2D eigenvalue weighted by Crippen LogP contribution is 2.19. The average Bonchev–Trinajstić information content (AvgIpc) is 2.99. The Morgan fingerprint density at radius 3 is 2.62 bits per heavy atom. The topological polar surface area (TPSA) is 53.5 Å². The Morgan fingerprint density at radius 1 is 1.21 bits per heavy atom. The van der Waals surface area contributed by atoms with Gasteiger partial charge in [-0.15, -0.1) is 0 Å². The van der Waals surface area contributed by atoms with E-state index < -0.39 is 0 Å². The number of amides is 2. The standard InChI is InChI=1S/C18H18FN3O2/c19-14-6-8-16(9-7-14)22(12-15-4-1-2-10-20-15)18(24)13-21-11-3-5-17(21)23/h1-2,4,6-10H,3,5,11-13H2. The van der Waals surface area contributed by atoms with Crippen molar-refractivity contribution in [3.63, 3.8) is 0 Å². The molecule has 0 atom stereocenters. The second-order valence-electron chi connectivity index (χ2n) is 5.70. The number of rotatable bonds is 5. The predicted molar refractivity (Wildman–Crippen MR) is 87.6 cm³/mol. The quantitative estimate of drug-likeness (QED) is 0.847. The summed E-state index contributed by atoms with van der Waals surface area (Å²) in [4.78, 5) is 31.9. The third kappa shape index (κ3) is 3.76. The lowest BCUT2D eigenvalue weighted by Crippen LogP contribution is -2.40. The Labute approximate surface area is 139 Å². The molecule has 1 aromatic heterocycles. The van der Waals surface area contributed by atoms with E-state index in [1.165, 1.54) is 17.0 Å². The smallest absolute Gasteiger partial charge is 0.246 e. The lowest BCUT2D eigenvalue weighted by atomic mass is 10.2. The molecule has 0 bridgehead atoms. The highest BCUT2D eigenvalue weighted by atomic mass is 19.1. The number of carbonyl (C=O) groups is 2. The van der Waals surface area contributed by atoms with E-state index in [2.05, 4.69) is 4.98 Å². The van der Waals surface area contributed by atoms with Crippen molar-refractivity contribution in [1.82, 2.24) is 9.88 Å². The van der Waals surface area contributed by atoms with Crippen LogP contribution in [0.3, 0.4) is 0 Å². The molecule has 2 heterocycles. The molecule has 0 spiro atoms. The van der Waals surface area contributed by atoms with Crippen molar-refractivity contribution in [3.05, 3.63) is 60.2 Å². The van der Waals surface area contributed by atoms with Gasteiger partial charge in [0, 0.05) is 24.8 Å². The molecule has 0 unspecified atom stereocenters. The number of nitrogens with zero attached hydrogens (tertiary/aromatic N) is 3. The van der Waals surface area contributed by atoms with Crippen molar-refractivity contribution >= 4 is 17.5 Å². The van der Waals surface area contributed by atoms with E-state index in [1.54, 1.807) is 29.3 Å². The van der Waals surface area contributed by atoms with E-state index in [-0.39, 0.29) is 30.7 Å².